The minimum Gasteiger partial charge on any atom is -0.497 e. The maximum absolute atomic E-state index is 13.7. The lowest BCUT2D eigenvalue weighted by atomic mass is 9.97. The third-order valence-corrected chi connectivity index (χ3v) is 6.46. The summed E-state index contributed by atoms with van der Waals surface area (Å²) < 4.78 is 42.1. The Labute approximate surface area is 160 Å². The molecular weight excluding hydrogens is 365 g/mol. The number of hydrogen-bond donors (Lipinski definition) is 1. The van der Waals surface area contributed by atoms with E-state index in [-0.39, 0.29) is 11.9 Å². The van der Waals surface area contributed by atoms with Crippen molar-refractivity contribution in [1.29, 1.82) is 0 Å². The summed E-state index contributed by atoms with van der Waals surface area (Å²) in [6, 6.07) is 12.4. The predicted octanol–water partition coefficient (Wildman–Crippen LogP) is 4.22. The van der Waals surface area contributed by atoms with E-state index in [2.05, 4.69) is 5.32 Å². The van der Waals surface area contributed by atoms with Crippen molar-refractivity contribution in [3.8, 4) is 5.75 Å². The summed E-state index contributed by atoms with van der Waals surface area (Å²) >= 11 is 0. The van der Waals surface area contributed by atoms with Crippen LogP contribution in [0.1, 0.15) is 49.3 Å². The van der Waals surface area contributed by atoms with E-state index in [9.17, 15) is 12.8 Å². The molecule has 1 aliphatic rings. The Morgan fingerprint density at radius 1 is 1.15 bits per heavy atom. The van der Waals surface area contributed by atoms with Crippen molar-refractivity contribution in [1.82, 2.24) is 5.32 Å². The highest BCUT2D eigenvalue weighted by Gasteiger charge is 2.27. The predicted molar refractivity (Wildman–Crippen MR) is 104 cm³/mol. The van der Waals surface area contributed by atoms with Gasteiger partial charge < -0.3 is 10.1 Å². The summed E-state index contributed by atoms with van der Waals surface area (Å²) in [4.78, 5) is 0.354. The normalized spacial score (nSPS) is 21.2. The molecular formula is C21H26FNO3S. The average molecular weight is 392 g/mol. The Balaban J connectivity index is 1.63. The van der Waals surface area contributed by atoms with Crippen molar-refractivity contribution in [3.05, 3.63) is 59.4 Å². The molecule has 1 aliphatic carbocycles. The fourth-order valence-electron chi connectivity index (χ4n) is 3.82. The van der Waals surface area contributed by atoms with Crippen LogP contribution in [0.5, 0.6) is 5.75 Å². The van der Waals surface area contributed by atoms with E-state index in [1.807, 2.05) is 25.1 Å². The second-order valence-electron chi connectivity index (χ2n) is 7.36. The molecule has 0 aliphatic heterocycles. The number of hydrogen-bond acceptors (Lipinski definition) is 4. The van der Waals surface area contributed by atoms with E-state index in [1.165, 1.54) is 31.1 Å². The van der Waals surface area contributed by atoms with Crippen LogP contribution in [0.3, 0.4) is 0 Å². The van der Waals surface area contributed by atoms with Crippen molar-refractivity contribution in [2.24, 2.45) is 0 Å². The number of nitrogens with one attached hydrogen (secondary N) is 1. The van der Waals surface area contributed by atoms with Gasteiger partial charge in [-0.15, -0.1) is 0 Å². The summed E-state index contributed by atoms with van der Waals surface area (Å²) in [5.74, 6) is 0.632. The molecule has 0 amide bonds. The van der Waals surface area contributed by atoms with Crippen molar-refractivity contribution >= 4 is 9.84 Å². The second kappa shape index (κ2) is 7.98. The minimum absolute atomic E-state index is 0.0194. The zero-order valence-corrected chi connectivity index (χ0v) is 16.7. The zero-order chi connectivity index (χ0) is 19.6. The number of benzene rings is 2. The number of ether oxygens (including phenoxy) is 1. The summed E-state index contributed by atoms with van der Waals surface area (Å²) in [5.41, 5.74) is 2.04. The van der Waals surface area contributed by atoms with Gasteiger partial charge in [-0.05, 0) is 67.5 Å². The average Bonchev–Trinajstić information content (AvgIpc) is 3.09. The Kier molecular flexibility index (Phi) is 5.86. The molecule has 2 aromatic rings. The molecule has 27 heavy (non-hydrogen) atoms. The molecule has 1 fully saturated rings. The van der Waals surface area contributed by atoms with Gasteiger partial charge in [0.2, 0.25) is 0 Å². The molecule has 0 saturated heterocycles. The monoisotopic (exact) mass is 391 g/mol. The van der Waals surface area contributed by atoms with E-state index < -0.39 is 9.84 Å². The van der Waals surface area contributed by atoms with Gasteiger partial charge in [-0.1, -0.05) is 12.1 Å². The second-order valence-corrected chi connectivity index (χ2v) is 9.38. The van der Waals surface area contributed by atoms with E-state index in [0.29, 0.717) is 22.6 Å². The SMILES string of the molecule is COc1cc(F)cc([C@@H](C)N[C@H]2CCC(c3ccc(S(C)(=O)=O)cc3)C2)c1. The maximum atomic E-state index is 13.7. The van der Waals surface area contributed by atoms with Gasteiger partial charge in [-0.25, -0.2) is 12.8 Å². The van der Waals surface area contributed by atoms with Crippen LogP contribution in [0.15, 0.2) is 47.4 Å². The van der Waals surface area contributed by atoms with Crippen LogP contribution in [0.2, 0.25) is 0 Å². The molecule has 0 heterocycles. The third-order valence-electron chi connectivity index (χ3n) is 5.33. The van der Waals surface area contributed by atoms with Gasteiger partial charge in [0, 0.05) is 24.4 Å². The highest BCUT2D eigenvalue weighted by molar-refractivity contribution is 7.90. The number of methoxy groups -OCH3 is 1. The van der Waals surface area contributed by atoms with Gasteiger partial charge in [0.1, 0.15) is 11.6 Å². The molecule has 0 spiro atoms. The molecule has 1 unspecified atom stereocenters. The first-order valence-electron chi connectivity index (χ1n) is 9.17. The van der Waals surface area contributed by atoms with Crippen molar-refractivity contribution in [2.45, 2.75) is 49.1 Å². The summed E-state index contributed by atoms with van der Waals surface area (Å²) in [7, 11) is -1.63. The zero-order valence-electron chi connectivity index (χ0n) is 15.9. The van der Waals surface area contributed by atoms with Crippen LogP contribution in [-0.4, -0.2) is 27.8 Å². The molecule has 0 aromatic heterocycles. The molecule has 0 radical (unpaired) electrons. The van der Waals surface area contributed by atoms with Gasteiger partial charge in [-0.3, -0.25) is 0 Å². The molecule has 4 nitrogen and oxygen atoms in total. The first-order chi connectivity index (χ1) is 12.8. The smallest absolute Gasteiger partial charge is 0.175 e. The van der Waals surface area contributed by atoms with Gasteiger partial charge in [0.25, 0.3) is 0 Å². The first kappa shape index (κ1) is 19.8. The van der Waals surface area contributed by atoms with Crippen LogP contribution in [0.25, 0.3) is 0 Å². The molecule has 3 atom stereocenters. The van der Waals surface area contributed by atoms with Crippen LogP contribution in [-0.2, 0) is 9.84 Å². The van der Waals surface area contributed by atoms with Gasteiger partial charge >= 0.3 is 0 Å². The molecule has 2 aromatic carbocycles. The fourth-order valence-corrected chi connectivity index (χ4v) is 4.46. The largest absolute Gasteiger partial charge is 0.497 e. The molecule has 1 saturated carbocycles. The van der Waals surface area contributed by atoms with Crippen LogP contribution < -0.4 is 10.1 Å². The van der Waals surface area contributed by atoms with Gasteiger partial charge in [-0.2, -0.15) is 0 Å². The highest BCUT2D eigenvalue weighted by Crippen LogP contribution is 2.36. The third kappa shape index (κ3) is 4.87. The summed E-state index contributed by atoms with van der Waals surface area (Å²) in [5, 5.41) is 3.59. The molecule has 3 rings (SSSR count). The lowest BCUT2D eigenvalue weighted by Gasteiger charge is -2.21. The minimum atomic E-state index is -3.16. The van der Waals surface area contributed by atoms with Crippen molar-refractivity contribution in [3.63, 3.8) is 0 Å². The van der Waals surface area contributed by atoms with Crippen LogP contribution in [0, 0.1) is 5.82 Å². The van der Waals surface area contributed by atoms with E-state index in [0.717, 1.165) is 24.8 Å². The molecule has 0 bridgehead atoms. The Morgan fingerprint density at radius 3 is 2.48 bits per heavy atom. The molecule has 146 valence electrons. The first-order valence-corrected chi connectivity index (χ1v) is 11.1. The van der Waals surface area contributed by atoms with Crippen LogP contribution in [0.4, 0.5) is 4.39 Å². The van der Waals surface area contributed by atoms with Crippen LogP contribution >= 0.6 is 0 Å². The summed E-state index contributed by atoms with van der Waals surface area (Å²) in [6.07, 6.45) is 4.29. The summed E-state index contributed by atoms with van der Waals surface area (Å²) in [6.45, 7) is 2.03. The number of rotatable bonds is 6. The van der Waals surface area contributed by atoms with Gasteiger partial charge in [0.15, 0.2) is 9.84 Å². The lowest BCUT2D eigenvalue weighted by Crippen LogP contribution is -2.29. The fraction of sp³-hybridized carbons (Fsp3) is 0.429. The van der Waals surface area contributed by atoms with Crippen molar-refractivity contribution < 1.29 is 17.5 Å². The standard InChI is InChI=1S/C21H26FNO3S/c1-14(17-10-18(22)13-20(12-17)26-2)23-19-7-4-16(11-19)15-5-8-21(9-6-15)27(3,24)25/h5-6,8-10,12-14,16,19,23H,4,7,11H2,1-3H3/t14-,16?,19+/m1/s1. The highest BCUT2D eigenvalue weighted by atomic mass is 32.2. The quantitative estimate of drug-likeness (QED) is 0.801. The van der Waals surface area contributed by atoms with E-state index in [1.54, 1.807) is 12.1 Å². The van der Waals surface area contributed by atoms with E-state index in [4.69, 9.17) is 4.74 Å². The number of sulfone groups is 1. The van der Waals surface area contributed by atoms with E-state index >= 15 is 0 Å². The maximum Gasteiger partial charge on any atom is 0.175 e. The Bertz CT molecular complexity index is 896. The molecule has 1 N–H and O–H groups in total. The number of halogens is 1. The topological polar surface area (TPSA) is 55.4 Å². The van der Waals surface area contributed by atoms with Gasteiger partial charge in [0.05, 0.1) is 12.0 Å². The molecule has 6 heteroatoms. The van der Waals surface area contributed by atoms with Crippen molar-refractivity contribution in [2.75, 3.05) is 13.4 Å². The Hall–Kier alpha value is -1.92. The Morgan fingerprint density at radius 2 is 1.85 bits per heavy atom. The lowest BCUT2D eigenvalue weighted by molar-refractivity contribution is 0.407.